The monoisotopic (exact) mass is 489 g/mol. The molecule has 0 fully saturated rings. The van der Waals surface area contributed by atoms with Crippen LogP contribution < -0.4 is 14.8 Å². The number of ether oxygens (including phenoxy) is 2. The van der Waals surface area contributed by atoms with Crippen molar-refractivity contribution in [2.75, 3.05) is 13.2 Å². The van der Waals surface area contributed by atoms with Crippen molar-refractivity contribution in [3.8, 4) is 46.0 Å². The van der Waals surface area contributed by atoms with Crippen LogP contribution in [0, 0.1) is 0 Å². The number of amides is 1. The van der Waals surface area contributed by atoms with Gasteiger partial charge in [-0.3, -0.25) is 4.79 Å². The van der Waals surface area contributed by atoms with Crippen molar-refractivity contribution in [1.82, 2.24) is 5.32 Å². The molecule has 0 unspecified atom stereocenters. The molecule has 186 valence electrons. The van der Waals surface area contributed by atoms with Gasteiger partial charge in [0.05, 0.1) is 0 Å². The summed E-state index contributed by atoms with van der Waals surface area (Å²) in [6, 6.07) is 11.8. The van der Waals surface area contributed by atoms with Gasteiger partial charge in [0.15, 0.2) is 47.7 Å². The molecule has 12 nitrogen and oxygen atoms in total. The van der Waals surface area contributed by atoms with Gasteiger partial charge in [-0.2, -0.15) is 0 Å². The summed E-state index contributed by atoms with van der Waals surface area (Å²) in [5.41, 5.74) is 0.617. The third kappa shape index (κ3) is 8.81. The number of carbonyl (C=O) groups excluding carboxylic acids is 1. The summed E-state index contributed by atoms with van der Waals surface area (Å²) in [5, 5.41) is 65.7. The molecule has 3 aromatic carbocycles. The summed E-state index contributed by atoms with van der Waals surface area (Å²) in [5.74, 6) is -2.79. The molecule has 0 radical (unpaired) electrons. The van der Waals surface area contributed by atoms with E-state index in [9.17, 15) is 24.9 Å². The van der Waals surface area contributed by atoms with Crippen LogP contribution in [0.2, 0.25) is 0 Å². The first-order valence-corrected chi connectivity index (χ1v) is 9.84. The molecule has 0 aliphatic rings. The highest BCUT2D eigenvalue weighted by molar-refractivity contribution is 5.77. The maximum atomic E-state index is 11.6. The van der Waals surface area contributed by atoms with Crippen molar-refractivity contribution in [2.24, 2.45) is 0 Å². The second kappa shape index (κ2) is 12.3. The predicted molar refractivity (Wildman–Crippen MR) is 120 cm³/mol. The van der Waals surface area contributed by atoms with Gasteiger partial charge >= 0.3 is 5.97 Å². The van der Waals surface area contributed by atoms with E-state index in [0.717, 1.165) is 6.07 Å². The van der Waals surface area contributed by atoms with Crippen LogP contribution in [0.15, 0.2) is 54.6 Å². The van der Waals surface area contributed by atoms with Crippen molar-refractivity contribution < 1.29 is 54.8 Å². The number of hydrogen-bond donors (Lipinski definition) is 8. The molecule has 8 N–H and O–H groups in total. The van der Waals surface area contributed by atoms with Crippen LogP contribution in [-0.4, -0.2) is 60.8 Å². The van der Waals surface area contributed by atoms with Crippen LogP contribution in [0.5, 0.6) is 46.0 Å². The minimum atomic E-state index is -1.10. The molecule has 0 atom stereocenters. The Morgan fingerprint density at radius 3 is 1.54 bits per heavy atom. The summed E-state index contributed by atoms with van der Waals surface area (Å²) in [7, 11) is 0. The predicted octanol–water partition coefficient (Wildman–Crippen LogP) is 1.77. The highest BCUT2D eigenvalue weighted by atomic mass is 16.5. The highest BCUT2D eigenvalue weighted by Crippen LogP contribution is 2.29. The zero-order valence-electron chi connectivity index (χ0n) is 18.1. The molecule has 0 aliphatic heterocycles. The third-order valence-corrected chi connectivity index (χ3v) is 4.16. The topological polar surface area (TPSA) is 206 Å². The fraction of sp³-hybridized carbons (Fsp3) is 0.130. The Balaban J connectivity index is 0.000000283. The van der Waals surface area contributed by atoms with Gasteiger partial charge in [0, 0.05) is 18.7 Å². The first-order valence-electron chi connectivity index (χ1n) is 9.84. The smallest absolute Gasteiger partial charge is 0.341 e. The quantitative estimate of drug-likeness (QED) is 0.214. The van der Waals surface area contributed by atoms with E-state index in [2.05, 4.69) is 5.32 Å². The lowest BCUT2D eigenvalue weighted by molar-refractivity contribution is -0.139. The number of hydrogen-bond acceptors (Lipinski definition) is 10. The second-order valence-corrected chi connectivity index (χ2v) is 6.87. The second-order valence-electron chi connectivity index (χ2n) is 6.87. The fourth-order valence-corrected chi connectivity index (χ4v) is 2.41. The van der Waals surface area contributed by atoms with Gasteiger partial charge in [-0.15, -0.1) is 0 Å². The normalized spacial score (nSPS) is 9.94. The number of rotatable bonds is 8. The maximum absolute atomic E-state index is 11.6. The molecule has 0 spiro atoms. The largest absolute Gasteiger partial charge is 0.504 e. The van der Waals surface area contributed by atoms with E-state index >= 15 is 0 Å². The van der Waals surface area contributed by atoms with Crippen molar-refractivity contribution in [3.05, 3.63) is 60.2 Å². The molecule has 3 rings (SSSR count). The van der Waals surface area contributed by atoms with Crippen molar-refractivity contribution >= 4 is 11.9 Å². The Labute approximate surface area is 198 Å². The lowest BCUT2D eigenvalue weighted by Crippen LogP contribution is -2.28. The zero-order valence-corrected chi connectivity index (χ0v) is 18.1. The van der Waals surface area contributed by atoms with E-state index in [1.165, 1.54) is 42.5 Å². The standard InChI is InChI=1S/C15H15NO6.C8H8O5/c17-11-3-1-9(5-13(11)19)7-16-15(21)8-22-10-2-4-12(18)14(20)6-10;9-6-2-1-5(3-7(6)10)13-4-8(11)12/h1-6,17-20H,7-8H2,(H,16,21);1-3,9-10H,4H2,(H,11,12). The molecule has 0 saturated heterocycles. The van der Waals surface area contributed by atoms with E-state index in [0.29, 0.717) is 5.56 Å². The molecule has 0 aliphatic carbocycles. The number of benzene rings is 3. The first-order chi connectivity index (χ1) is 16.5. The lowest BCUT2D eigenvalue weighted by atomic mass is 10.2. The van der Waals surface area contributed by atoms with E-state index in [4.69, 9.17) is 29.9 Å². The molecular weight excluding hydrogens is 466 g/mol. The van der Waals surface area contributed by atoms with E-state index in [1.54, 1.807) is 6.07 Å². The Kier molecular flexibility index (Phi) is 9.22. The van der Waals surface area contributed by atoms with Crippen molar-refractivity contribution in [2.45, 2.75) is 6.54 Å². The SMILES string of the molecule is O=C(COc1ccc(O)c(O)c1)NCc1ccc(O)c(O)c1.O=C(O)COc1ccc(O)c(O)c1. The van der Waals surface area contributed by atoms with Crippen molar-refractivity contribution in [3.63, 3.8) is 0 Å². The highest BCUT2D eigenvalue weighted by Gasteiger charge is 2.07. The Bertz CT molecular complexity index is 1120. The van der Waals surface area contributed by atoms with Gasteiger partial charge in [-0.1, -0.05) is 6.07 Å². The summed E-state index contributed by atoms with van der Waals surface area (Å²) in [4.78, 5) is 21.7. The van der Waals surface area contributed by atoms with Crippen LogP contribution in [0.3, 0.4) is 0 Å². The third-order valence-electron chi connectivity index (χ3n) is 4.16. The number of carboxylic acids is 1. The summed E-state index contributed by atoms with van der Waals surface area (Å²) < 4.78 is 9.89. The summed E-state index contributed by atoms with van der Waals surface area (Å²) in [6.07, 6.45) is 0. The number of phenolic OH excluding ortho intramolecular Hbond substituents is 6. The minimum absolute atomic E-state index is 0.164. The molecular formula is C23H23NO11. The Hall–Kier alpha value is -5.00. The molecule has 0 bridgehead atoms. The molecule has 35 heavy (non-hydrogen) atoms. The fourth-order valence-electron chi connectivity index (χ4n) is 2.41. The molecule has 3 aromatic rings. The van der Waals surface area contributed by atoms with E-state index in [-0.39, 0.29) is 59.1 Å². The Morgan fingerprint density at radius 1 is 0.629 bits per heavy atom. The van der Waals surface area contributed by atoms with Gasteiger partial charge in [0.1, 0.15) is 11.5 Å². The lowest BCUT2D eigenvalue weighted by Gasteiger charge is -2.09. The average Bonchev–Trinajstić information content (AvgIpc) is 2.81. The molecule has 1 amide bonds. The van der Waals surface area contributed by atoms with Gasteiger partial charge in [0.25, 0.3) is 5.91 Å². The van der Waals surface area contributed by atoms with Crippen LogP contribution in [0.1, 0.15) is 5.56 Å². The van der Waals surface area contributed by atoms with Gasteiger partial charge in [-0.05, 0) is 42.0 Å². The number of carboxylic acid groups (broad SMARTS) is 1. The number of nitrogens with one attached hydrogen (secondary N) is 1. The average molecular weight is 489 g/mol. The van der Waals surface area contributed by atoms with Crippen LogP contribution in [-0.2, 0) is 16.1 Å². The maximum Gasteiger partial charge on any atom is 0.341 e. The molecule has 0 heterocycles. The van der Waals surface area contributed by atoms with Gasteiger partial charge in [0.2, 0.25) is 0 Å². The van der Waals surface area contributed by atoms with Crippen LogP contribution in [0.4, 0.5) is 0 Å². The first kappa shape index (κ1) is 26.3. The molecule has 0 saturated carbocycles. The number of aromatic hydroxyl groups is 6. The molecule has 12 heteroatoms. The van der Waals surface area contributed by atoms with Crippen LogP contribution in [0.25, 0.3) is 0 Å². The Morgan fingerprint density at radius 2 is 1.09 bits per heavy atom. The van der Waals surface area contributed by atoms with Gasteiger partial charge in [-0.25, -0.2) is 4.79 Å². The summed E-state index contributed by atoms with van der Waals surface area (Å²) in [6.45, 7) is -0.588. The molecule has 0 aromatic heterocycles. The van der Waals surface area contributed by atoms with Crippen molar-refractivity contribution in [1.29, 1.82) is 0 Å². The number of phenols is 6. The minimum Gasteiger partial charge on any atom is -0.504 e. The van der Waals surface area contributed by atoms with Gasteiger partial charge < -0.3 is 50.5 Å². The van der Waals surface area contributed by atoms with Crippen LogP contribution >= 0.6 is 0 Å². The number of carbonyl (C=O) groups is 2. The zero-order chi connectivity index (χ0) is 26.0. The number of aliphatic carboxylic acids is 1. The van der Waals surface area contributed by atoms with E-state index in [1.807, 2.05) is 0 Å². The summed E-state index contributed by atoms with van der Waals surface area (Å²) >= 11 is 0. The van der Waals surface area contributed by atoms with E-state index < -0.39 is 18.5 Å².